The van der Waals surface area contributed by atoms with Gasteiger partial charge in [0.25, 0.3) is 5.91 Å². The molecule has 5 heteroatoms. The molecular formula is C15H17N3O2. The number of hydrogen-bond donors (Lipinski definition) is 2. The minimum atomic E-state index is -0.475. The Labute approximate surface area is 116 Å². The van der Waals surface area contributed by atoms with Crippen molar-refractivity contribution < 1.29 is 9.21 Å². The number of nitrogens with two attached hydrogens (primary N) is 1. The van der Waals surface area contributed by atoms with Gasteiger partial charge in [-0.3, -0.25) is 4.79 Å². The smallest absolute Gasteiger partial charge is 0.252 e. The Morgan fingerprint density at radius 1 is 1.50 bits per heavy atom. The predicted molar refractivity (Wildman–Crippen MR) is 74.2 cm³/mol. The second kappa shape index (κ2) is 4.06. The zero-order chi connectivity index (χ0) is 13.7. The van der Waals surface area contributed by atoms with Crippen LogP contribution in [0.15, 0.2) is 22.6 Å². The summed E-state index contributed by atoms with van der Waals surface area (Å²) < 4.78 is 5.95. The molecule has 1 saturated carbocycles. The van der Waals surface area contributed by atoms with Crippen LogP contribution in [0.2, 0.25) is 0 Å². The van der Waals surface area contributed by atoms with Crippen LogP contribution in [-0.2, 0) is 5.54 Å². The van der Waals surface area contributed by atoms with Crippen LogP contribution >= 0.6 is 0 Å². The minimum absolute atomic E-state index is 0.142. The van der Waals surface area contributed by atoms with E-state index in [9.17, 15) is 4.79 Å². The van der Waals surface area contributed by atoms with Crippen molar-refractivity contribution in [2.75, 3.05) is 6.54 Å². The average molecular weight is 271 g/mol. The Morgan fingerprint density at radius 2 is 2.40 bits per heavy atom. The van der Waals surface area contributed by atoms with E-state index in [-0.39, 0.29) is 5.54 Å². The number of oxazole rings is 1. The summed E-state index contributed by atoms with van der Waals surface area (Å²) in [5.74, 6) is 0.953. The van der Waals surface area contributed by atoms with Gasteiger partial charge in [0.2, 0.25) is 5.89 Å². The van der Waals surface area contributed by atoms with Gasteiger partial charge in [-0.05, 0) is 43.9 Å². The van der Waals surface area contributed by atoms with Crippen molar-refractivity contribution in [3.05, 3.63) is 29.7 Å². The van der Waals surface area contributed by atoms with E-state index in [0.717, 1.165) is 25.3 Å². The zero-order valence-electron chi connectivity index (χ0n) is 11.2. The summed E-state index contributed by atoms with van der Waals surface area (Å²) in [6.45, 7) is 1.03. The fraction of sp³-hybridized carbons (Fsp3) is 0.467. The quantitative estimate of drug-likeness (QED) is 0.874. The third-order valence-corrected chi connectivity index (χ3v) is 4.67. The molecule has 1 amide bonds. The van der Waals surface area contributed by atoms with Gasteiger partial charge >= 0.3 is 0 Å². The summed E-state index contributed by atoms with van der Waals surface area (Å²) in [6.07, 6.45) is 4.59. The second-order valence-corrected chi connectivity index (χ2v) is 5.96. The van der Waals surface area contributed by atoms with Crippen molar-refractivity contribution in [3.63, 3.8) is 0 Å². The van der Waals surface area contributed by atoms with Crippen molar-refractivity contribution in [1.82, 2.24) is 10.3 Å². The molecule has 1 aliphatic heterocycles. The van der Waals surface area contributed by atoms with E-state index in [0.29, 0.717) is 22.6 Å². The standard InChI is InChI=1S/C15H17N3O2/c16-13(19)10-4-1-5-11-12(10)20-14(18-11)15-6-2-3-9(7-15)8-17-15/h1,4-5,9,17H,2-3,6-8H2,(H2,16,19)/t9-,15-/m1/s1. The van der Waals surface area contributed by atoms with Gasteiger partial charge in [-0.1, -0.05) is 12.5 Å². The number of rotatable bonds is 2. The lowest BCUT2D eigenvalue weighted by atomic mass is 9.80. The van der Waals surface area contributed by atoms with E-state index in [2.05, 4.69) is 10.3 Å². The molecule has 0 spiro atoms. The summed E-state index contributed by atoms with van der Waals surface area (Å²) in [7, 11) is 0. The number of aromatic nitrogens is 1. The number of benzene rings is 1. The molecule has 3 N–H and O–H groups in total. The topological polar surface area (TPSA) is 81.2 Å². The molecule has 20 heavy (non-hydrogen) atoms. The number of para-hydroxylation sites is 1. The van der Waals surface area contributed by atoms with Crippen LogP contribution in [0.3, 0.4) is 0 Å². The molecule has 4 rings (SSSR count). The molecule has 0 radical (unpaired) electrons. The summed E-state index contributed by atoms with van der Waals surface area (Å²) in [6, 6.07) is 5.34. The van der Waals surface area contributed by atoms with Crippen LogP contribution in [0.25, 0.3) is 11.1 Å². The number of nitrogens with zero attached hydrogens (tertiary/aromatic N) is 1. The van der Waals surface area contributed by atoms with E-state index in [1.54, 1.807) is 12.1 Å². The SMILES string of the molecule is NC(=O)c1cccc2nc([C@]34CCC[C@@H](CN3)C4)oc12. The highest BCUT2D eigenvalue weighted by molar-refractivity contribution is 6.03. The highest BCUT2D eigenvalue weighted by Crippen LogP contribution is 2.44. The summed E-state index contributed by atoms with van der Waals surface area (Å²) in [5, 5.41) is 3.59. The Kier molecular flexibility index (Phi) is 2.41. The Hall–Kier alpha value is -1.88. The van der Waals surface area contributed by atoms with Gasteiger partial charge in [0.05, 0.1) is 11.1 Å². The van der Waals surface area contributed by atoms with E-state index in [4.69, 9.17) is 10.2 Å². The van der Waals surface area contributed by atoms with Crippen LogP contribution in [-0.4, -0.2) is 17.4 Å². The normalized spacial score (nSPS) is 28.9. The average Bonchev–Trinajstić information content (AvgIpc) is 3.00. The Bertz CT molecular complexity index is 689. The van der Waals surface area contributed by atoms with Gasteiger partial charge in [-0.15, -0.1) is 0 Å². The lowest BCUT2D eigenvalue weighted by molar-refractivity contribution is 0.100. The summed E-state index contributed by atoms with van der Waals surface area (Å²) >= 11 is 0. The van der Waals surface area contributed by atoms with Crippen LogP contribution in [0.5, 0.6) is 0 Å². The Morgan fingerprint density at radius 3 is 3.25 bits per heavy atom. The number of hydrogen-bond acceptors (Lipinski definition) is 4. The molecule has 1 aromatic carbocycles. The number of amides is 1. The molecule has 2 bridgehead atoms. The first-order chi connectivity index (χ1) is 9.68. The molecule has 1 aliphatic carbocycles. The number of carbonyl (C=O) groups excluding carboxylic acids is 1. The van der Waals surface area contributed by atoms with E-state index >= 15 is 0 Å². The van der Waals surface area contributed by atoms with Gasteiger partial charge < -0.3 is 15.5 Å². The van der Waals surface area contributed by atoms with Crippen LogP contribution < -0.4 is 11.1 Å². The summed E-state index contributed by atoms with van der Waals surface area (Å²) in [5.41, 5.74) is 6.89. The van der Waals surface area contributed by atoms with Crippen molar-refractivity contribution in [3.8, 4) is 0 Å². The third-order valence-electron chi connectivity index (χ3n) is 4.67. The van der Waals surface area contributed by atoms with Crippen LogP contribution in [0.4, 0.5) is 0 Å². The van der Waals surface area contributed by atoms with E-state index in [1.807, 2.05) is 6.07 Å². The highest BCUT2D eigenvalue weighted by atomic mass is 16.4. The maximum absolute atomic E-state index is 11.5. The fourth-order valence-corrected chi connectivity index (χ4v) is 3.68. The predicted octanol–water partition coefficient (Wildman–Crippen LogP) is 1.92. The number of primary amides is 1. The first-order valence-electron chi connectivity index (χ1n) is 7.13. The molecular weight excluding hydrogens is 254 g/mol. The molecule has 2 fully saturated rings. The maximum Gasteiger partial charge on any atom is 0.252 e. The first-order valence-corrected chi connectivity index (χ1v) is 7.13. The molecule has 1 aromatic heterocycles. The molecule has 2 aliphatic rings. The van der Waals surface area contributed by atoms with Crippen molar-refractivity contribution >= 4 is 17.0 Å². The Balaban J connectivity index is 1.85. The molecule has 2 heterocycles. The molecule has 1 saturated heterocycles. The molecule has 2 aromatic rings. The number of fused-ring (bicyclic) bond motifs is 3. The molecule has 2 atom stereocenters. The van der Waals surface area contributed by atoms with Crippen molar-refractivity contribution in [1.29, 1.82) is 0 Å². The number of carbonyl (C=O) groups is 1. The maximum atomic E-state index is 11.5. The van der Waals surface area contributed by atoms with Crippen molar-refractivity contribution in [2.45, 2.75) is 31.2 Å². The number of nitrogens with one attached hydrogen (secondary N) is 1. The van der Waals surface area contributed by atoms with Crippen LogP contribution in [0, 0.1) is 5.92 Å². The molecule has 104 valence electrons. The molecule has 5 nitrogen and oxygen atoms in total. The van der Waals surface area contributed by atoms with Gasteiger partial charge in [0.15, 0.2) is 5.58 Å². The molecule has 0 unspecified atom stereocenters. The highest BCUT2D eigenvalue weighted by Gasteiger charge is 2.46. The van der Waals surface area contributed by atoms with E-state index < -0.39 is 5.91 Å². The van der Waals surface area contributed by atoms with Crippen LogP contribution in [0.1, 0.15) is 41.9 Å². The summed E-state index contributed by atoms with van der Waals surface area (Å²) in [4.78, 5) is 16.1. The minimum Gasteiger partial charge on any atom is -0.438 e. The zero-order valence-corrected chi connectivity index (χ0v) is 11.2. The lowest BCUT2D eigenvalue weighted by Gasteiger charge is -2.29. The van der Waals surface area contributed by atoms with Gasteiger partial charge in [-0.2, -0.15) is 0 Å². The third kappa shape index (κ3) is 1.59. The van der Waals surface area contributed by atoms with Gasteiger partial charge in [0, 0.05) is 0 Å². The monoisotopic (exact) mass is 271 g/mol. The van der Waals surface area contributed by atoms with Gasteiger partial charge in [-0.25, -0.2) is 4.98 Å². The lowest BCUT2D eigenvalue weighted by Crippen LogP contribution is -2.37. The van der Waals surface area contributed by atoms with Crippen molar-refractivity contribution in [2.24, 2.45) is 11.7 Å². The van der Waals surface area contributed by atoms with Gasteiger partial charge in [0.1, 0.15) is 5.52 Å². The second-order valence-electron chi connectivity index (χ2n) is 5.96. The largest absolute Gasteiger partial charge is 0.438 e. The first kappa shape index (κ1) is 11.9. The van der Waals surface area contributed by atoms with E-state index in [1.165, 1.54) is 12.8 Å². The fourth-order valence-electron chi connectivity index (χ4n) is 3.68.